The minimum atomic E-state index is -1.07. The summed E-state index contributed by atoms with van der Waals surface area (Å²) >= 11 is 0. The summed E-state index contributed by atoms with van der Waals surface area (Å²) in [5, 5.41) is 20.7. The van der Waals surface area contributed by atoms with E-state index in [0.717, 1.165) is 19.3 Å². The van der Waals surface area contributed by atoms with E-state index in [0.29, 0.717) is 29.7 Å². The first kappa shape index (κ1) is 14.6. The molecule has 2 atom stereocenters. The van der Waals surface area contributed by atoms with E-state index >= 15 is 0 Å². The van der Waals surface area contributed by atoms with Gasteiger partial charge in [0.1, 0.15) is 17.4 Å². The maximum atomic E-state index is 12.3. The smallest absolute Gasteiger partial charge is 0.137 e. The van der Waals surface area contributed by atoms with Gasteiger partial charge in [-0.25, -0.2) is 0 Å². The van der Waals surface area contributed by atoms with Gasteiger partial charge in [0.15, 0.2) is 0 Å². The zero-order chi connectivity index (χ0) is 15.0. The summed E-state index contributed by atoms with van der Waals surface area (Å²) in [6.45, 7) is 0. The highest BCUT2D eigenvalue weighted by Crippen LogP contribution is 2.46. The van der Waals surface area contributed by atoms with Crippen LogP contribution in [0, 0.1) is 11.3 Å². The van der Waals surface area contributed by atoms with Gasteiger partial charge in [-0.2, -0.15) is 5.26 Å². The molecule has 2 aliphatic heterocycles. The average Bonchev–Trinajstić information content (AvgIpc) is 2.48. The SMILES string of the molecule is COc1cccc(C2(O)CC3CCCC(C2)S3=O)c1C#N. The van der Waals surface area contributed by atoms with Crippen LogP contribution in [0.1, 0.15) is 43.2 Å². The summed E-state index contributed by atoms with van der Waals surface area (Å²) in [4.78, 5) is 0. The predicted octanol–water partition coefficient (Wildman–Crippen LogP) is 2.22. The summed E-state index contributed by atoms with van der Waals surface area (Å²) in [5.74, 6) is 0.486. The van der Waals surface area contributed by atoms with Crippen molar-refractivity contribution in [2.75, 3.05) is 7.11 Å². The molecule has 3 rings (SSSR count). The molecule has 0 radical (unpaired) electrons. The Morgan fingerprint density at radius 2 is 2.05 bits per heavy atom. The largest absolute Gasteiger partial charge is 0.495 e. The van der Waals surface area contributed by atoms with Gasteiger partial charge in [-0.3, -0.25) is 4.21 Å². The lowest BCUT2D eigenvalue weighted by Crippen LogP contribution is -2.47. The highest BCUT2D eigenvalue weighted by molar-refractivity contribution is 7.86. The van der Waals surface area contributed by atoms with Crippen molar-refractivity contribution in [1.82, 2.24) is 0 Å². The fourth-order valence-electron chi connectivity index (χ4n) is 3.71. The Morgan fingerprint density at radius 1 is 1.38 bits per heavy atom. The van der Waals surface area contributed by atoms with Crippen LogP contribution in [-0.4, -0.2) is 26.9 Å². The van der Waals surface area contributed by atoms with E-state index in [9.17, 15) is 14.6 Å². The number of benzene rings is 1. The third-order valence-electron chi connectivity index (χ3n) is 4.70. The fraction of sp³-hybridized carbons (Fsp3) is 0.562. The Labute approximate surface area is 127 Å². The molecule has 0 spiro atoms. The Bertz CT molecular complexity index is 606. The molecule has 0 amide bonds. The second-order valence-corrected chi connectivity index (χ2v) is 7.93. The van der Waals surface area contributed by atoms with Crippen LogP contribution in [0.2, 0.25) is 0 Å². The lowest BCUT2D eigenvalue weighted by atomic mass is 9.78. The van der Waals surface area contributed by atoms with Crippen LogP contribution in [-0.2, 0) is 16.4 Å². The van der Waals surface area contributed by atoms with Crippen molar-refractivity contribution < 1.29 is 14.1 Å². The van der Waals surface area contributed by atoms with Gasteiger partial charge in [0.05, 0.1) is 12.7 Å². The molecule has 1 aromatic carbocycles. The van der Waals surface area contributed by atoms with Crippen LogP contribution in [0.15, 0.2) is 18.2 Å². The average molecular weight is 305 g/mol. The van der Waals surface area contributed by atoms with Crippen LogP contribution in [0.5, 0.6) is 5.75 Å². The van der Waals surface area contributed by atoms with Gasteiger partial charge >= 0.3 is 0 Å². The maximum absolute atomic E-state index is 12.3. The molecule has 0 aliphatic carbocycles. The molecule has 21 heavy (non-hydrogen) atoms. The van der Waals surface area contributed by atoms with Gasteiger partial charge in [0.25, 0.3) is 0 Å². The molecule has 4 nitrogen and oxygen atoms in total. The van der Waals surface area contributed by atoms with Crippen molar-refractivity contribution in [3.05, 3.63) is 29.3 Å². The molecular formula is C16H19NO3S. The van der Waals surface area contributed by atoms with Crippen molar-refractivity contribution >= 4 is 10.8 Å². The standard InChI is InChI=1S/C16H19NO3S/c1-20-15-7-3-6-14(13(15)10-17)16(18)8-11-4-2-5-12(9-16)21(11)19/h3,6-7,11-12,18H,2,4-5,8-9H2,1H3. The Hall–Kier alpha value is -1.38. The first-order chi connectivity index (χ1) is 10.1. The van der Waals surface area contributed by atoms with Gasteiger partial charge in [-0.15, -0.1) is 0 Å². The second-order valence-electron chi connectivity index (χ2n) is 5.94. The summed E-state index contributed by atoms with van der Waals surface area (Å²) in [6, 6.07) is 7.48. The Balaban J connectivity index is 2.04. The molecule has 2 aliphatic rings. The van der Waals surface area contributed by atoms with E-state index < -0.39 is 16.4 Å². The molecule has 0 aromatic heterocycles. The zero-order valence-corrected chi connectivity index (χ0v) is 12.9. The number of ether oxygens (including phenoxy) is 1. The molecular weight excluding hydrogens is 286 g/mol. The number of hydrogen-bond acceptors (Lipinski definition) is 4. The van der Waals surface area contributed by atoms with Gasteiger partial charge in [-0.05, 0) is 31.7 Å². The van der Waals surface area contributed by atoms with E-state index in [2.05, 4.69) is 6.07 Å². The number of rotatable bonds is 2. The Kier molecular flexibility index (Phi) is 3.76. The van der Waals surface area contributed by atoms with E-state index in [4.69, 9.17) is 4.74 Å². The van der Waals surface area contributed by atoms with Crippen molar-refractivity contribution in [3.8, 4) is 11.8 Å². The van der Waals surface area contributed by atoms with Crippen LogP contribution in [0.3, 0.4) is 0 Å². The third kappa shape index (κ3) is 2.37. The number of nitrogens with zero attached hydrogens (tertiary/aromatic N) is 1. The number of nitriles is 1. The monoisotopic (exact) mass is 305 g/mol. The van der Waals surface area contributed by atoms with Gasteiger partial charge < -0.3 is 9.84 Å². The van der Waals surface area contributed by atoms with E-state index in [1.54, 1.807) is 18.2 Å². The predicted molar refractivity (Wildman–Crippen MR) is 80.4 cm³/mol. The normalized spacial score (nSPS) is 35.0. The van der Waals surface area contributed by atoms with Gasteiger partial charge in [0.2, 0.25) is 0 Å². The van der Waals surface area contributed by atoms with Crippen molar-refractivity contribution in [3.63, 3.8) is 0 Å². The lowest BCUT2D eigenvalue weighted by molar-refractivity contribution is 0.00612. The third-order valence-corrected chi connectivity index (χ3v) is 6.82. The number of aliphatic hydroxyl groups is 1. The first-order valence-corrected chi connectivity index (χ1v) is 8.56. The molecule has 5 heteroatoms. The Morgan fingerprint density at radius 3 is 2.62 bits per heavy atom. The fourth-order valence-corrected chi connectivity index (χ4v) is 5.93. The van der Waals surface area contributed by atoms with Crippen LogP contribution in [0.25, 0.3) is 0 Å². The molecule has 2 unspecified atom stereocenters. The number of methoxy groups -OCH3 is 1. The van der Waals surface area contributed by atoms with Crippen molar-refractivity contribution in [1.29, 1.82) is 5.26 Å². The van der Waals surface area contributed by atoms with Crippen molar-refractivity contribution in [2.45, 2.75) is 48.2 Å². The summed E-state index contributed by atoms with van der Waals surface area (Å²) < 4.78 is 17.5. The minimum absolute atomic E-state index is 0.0419. The molecule has 2 heterocycles. The second kappa shape index (κ2) is 5.43. The van der Waals surface area contributed by atoms with Crippen molar-refractivity contribution in [2.24, 2.45) is 0 Å². The first-order valence-electron chi connectivity index (χ1n) is 7.28. The van der Waals surface area contributed by atoms with Crippen LogP contribution in [0.4, 0.5) is 0 Å². The molecule has 0 saturated carbocycles. The molecule has 1 N–H and O–H groups in total. The lowest BCUT2D eigenvalue weighted by Gasteiger charge is -2.44. The zero-order valence-electron chi connectivity index (χ0n) is 12.0. The van der Waals surface area contributed by atoms with Gasteiger partial charge in [-0.1, -0.05) is 18.6 Å². The molecule has 2 bridgehead atoms. The molecule has 1 aromatic rings. The topological polar surface area (TPSA) is 70.3 Å². The summed E-state index contributed by atoms with van der Waals surface area (Å²) in [5.41, 5.74) is -0.0466. The van der Waals surface area contributed by atoms with E-state index in [1.807, 2.05) is 0 Å². The maximum Gasteiger partial charge on any atom is 0.137 e. The summed E-state index contributed by atoms with van der Waals surface area (Å²) in [6.07, 6.45) is 3.82. The van der Waals surface area contributed by atoms with Crippen LogP contribution < -0.4 is 4.74 Å². The van der Waals surface area contributed by atoms with Crippen LogP contribution >= 0.6 is 0 Å². The highest BCUT2D eigenvalue weighted by atomic mass is 32.2. The highest BCUT2D eigenvalue weighted by Gasteiger charge is 2.47. The van der Waals surface area contributed by atoms with Gasteiger partial charge in [0, 0.05) is 26.9 Å². The molecule has 2 saturated heterocycles. The van der Waals surface area contributed by atoms with E-state index in [-0.39, 0.29) is 10.5 Å². The summed E-state index contributed by atoms with van der Waals surface area (Å²) in [7, 11) is 0.676. The molecule has 2 fully saturated rings. The number of fused-ring (bicyclic) bond motifs is 2. The minimum Gasteiger partial charge on any atom is -0.495 e. The quantitative estimate of drug-likeness (QED) is 0.909. The number of hydrogen-bond donors (Lipinski definition) is 1. The molecule has 112 valence electrons. The van der Waals surface area contributed by atoms with E-state index in [1.165, 1.54) is 7.11 Å².